The summed E-state index contributed by atoms with van der Waals surface area (Å²) in [6, 6.07) is 1.59. The first-order valence-electron chi connectivity index (χ1n) is 8.23. The van der Waals surface area contributed by atoms with E-state index in [4.69, 9.17) is 5.73 Å². The van der Waals surface area contributed by atoms with E-state index in [-0.39, 0.29) is 5.91 Å². The van der Waals surface area contributed by atoms with Gasteiger partial charge in [-0.25, -0.2) is 0 Å². The Morgan fingerprint density at radius 2 is 2.00 bits per heavy atom. The van der Waals surface area contributed by atoms with Gasteiger partial charge >= 0.3 is 0 Å². The molecule has 2 aromatic heterocycles. The van der Waals surface area contributed by atoms with Crippen molar-refractivity contribution < 1.29 is 9.59 Å². The van der Waals surface area contributed by atoms with Crippen LogP contribution in [0.15, 0.2) is 11.4 Å². The van der Waals surface area contributed by atoms with Crippen molar-refractivity contribution >= 4 is 23.2 Å². The van der Waals surface area contributed by atoms with Gasteiger partial charge in [0.15, 0.2) is 0 Å². The number of hydrogen-bond acceptors (Lipinski definition) is 5. The Balaban J connectivity index is 1.42. The third kappa shape index (κ3) is 2.60. The van der Waals surface area contributed by atoms with Crippen molar-refractivity contribution in [1.29, 1.82) is 0 Å². The van der Waals surface area contributed by atoms with E-state index in [9.17, 15) is 9.59 Å². The van der Waals surface area contributed by atoms with Crippen molar-refractivity contribution in [2.75, 3.05) is 13.1 Å². The molecule has 2 aliphatic heterocycles. The Kier molecular flexibility index (Phi) is 3.84. The fraction of sp³-hybridized carbons (Fsp3) is 0.500. The molecule has 24 heavy (non-hydrogen) atoms. The molecule has 4 heterocycles. The zero-order chi connectivity index (χ0) is 16.7. The van der Waals surface area contributed by atoms with Gasteiger partial charge in [-0.05, 0) is 25.3 Å². The molecular formula is C16H19N5O2S. The van der Waals surface area contributed by atoms with Gasteiger partial charge in [0.2, 0.25) is 5.91 Å². The molecule has 2 aromatic rings. The Morgan fingerprint density at radius 3 is 2.71 bits per heavy atom. The van der Waals surface area contributed by atoms with E-state index >= 15 is 0 Å². The Bertz CT molecular complexity index is 788. The number of thiophene rings is 1. The number of carbonyl (C=O) groups is 2. The molecule has 126 valence electrons. The molecule has 4 rings (SSSR count). The summed E-state index contributed by atoms with van der Waals surface area (Å²) in [6.45, 7) is 2.42. The average Bonchev–Trinajstić information content (AvgIpc) is 3.30. The van der Waals surface area contributed by atoms with Gasteiger partial charge in [-0.3, -0.25) is 9.59 Å². The number of rotatable bonds is 3. The van der Waals surface area contributed by atoms with E-state index in [0.717, 1.165) is 43.9 Å². The van der Waals surface area contributed by atoms with E-state index in [2.05, 4.69) is 14.8 Å². The molecule has 0 spiro atoms. The smallest absolute Gasteiger partial charge is 0.263 e. The molecule has 2 N–H and O–H groups in total. The third-order valence-electron chi connectivity index (χ3n) is 4.88. The maximum absolute atomic E-state index is 12.6. The number of likely N-dealkylation sites (tertiary alicyclic amines) is 1. The van der Waals surface area contributed by atoms with Crippen LogP contribution in [0.2, 0.25) is 0 Å². The first kappa shape index (κ1) is 15.3. The predicted octanol–water partition coefficient (Wildman–Crippen LogP) is 1.40. The molecule has 1 saturated heterocycles. The van der Waals surface area contributed by atoms with Gasteiger partial charge < -0.3 is 15.2 Å². The number of aryl methyl sites for hydroxylation is 1. The first-order chi connectivity index (χ1) is 11.6. The van der Waals surface area contributed by atoms with E-state index in [1.54, 1.807) is 11.4 Å². The molecule has 7 nitrogen and oxygen atoms in total. The molecular weight excluding hydrogens is 326 g/mol. The summed E-state index contributed by atoms with van der Waals surface area (Å²) in [5, 5.41) is 10.3. The minimum absolute atomic E-state index is 0.0163. The van der Waals surface area contributed by atoms with Gasteiger partial charge in [-0.15, -0.1) is 21.5 Å². The molecule has 0 atom stereocenters. The molecule has 0 aliphatic carbocycles. The SMILES string of the molecule is NC(=O)c1csc(C(=O)N2CCC(c3nnc4n3CCC4)CC2)c1. The van der Waals surface area contributed by atoms with Crippen LogP contribution < -0.4 is 5.73 Å². The van der Waals surface area contributed by atoms with Crippen LogP contribution in [0.25, 0.3) is 0 Å². The van der Waals surface area contributed by atoms with Gasteiger partial charge in [0, 0.05) is 37.4 Å². The second-order valence-electron chi connectivity index (χ2n) is 6.36. The molecule has 8 heteroatoms. The summed E-state index contributed by atoms with van der Waals surface area (Å²) in [6.07, 6.45) is 3.97. The van der Waals surface area contributed by atoms with Crippen LogP contribution in [0.4, 0.5) is 0 Å². The first-order valence-corrected chi connectivity index (χ1v) is 9.11. The maximum atomic E-state index is 12.6. The monoisotopic (exact) mass is 345 g/mol. The van der Waals surface area contributed by atoms with Crippen molar-refractivity contribution in [3.05, 3.63) is 33.5 Å². The van der Waals surface area contributed by atoms with Crippen molar-refractivity contribution in [3.8, 4) is 0 Å². The number of fused-ring (bicyclic) bond motifs is 1. The lowest BCUT2D eigenvalue weighted by Crippen LogP contribution is -2.38. The molecule has 0 bridgehead atoms. The van der Waals surface area contributed by atoms with Crippen LogP contribution in [-0.4, -0.2) is 44.6 Å². The van der Waals surface area contributed by atoms with Crippen LogP contribution in [0.1, 0.15) is 56.9 Å². The molecule has 0 radical (unpaired) electrons. The second-order valence-corrected chi connectivity index (χ2v) is 7.27. The number of aromatic nitrogens is 3. The fourth-order valence-electron chi connectivity index (χ4n) is 3.55. The van der Waals surface area contributed by atoms with Crippen LogP contribution in [0, 0.1) is 0 Å². The minimum atomic E-state index is -0.496. The number of nitrogens with two attached hydrogens (primary N) is 1. The highest BCUT2D eigenvalue weighted by Crippen LogP contribution is 2.30. The topological polar surface area (TPSA) is 94.1 Å². The Morgan fingerprint density at radius 1 is 1.21 bits per heavy atom. The van der Waals surface area contributed by atoms with E-state index in [0.29, 0.717) is 29.4 Å². The molecule has 0 unspecified atom stereocenters. The van der Waals surface area contributed by atoms with Crippen molar-refractivity contribution in [2.24, 2.45) is 5.73 Å². The van der Waals surface area contributed by atoms with Gasteiger partial charge in [0.05, 0.1) is 10.4 Å². The van der Waals surface area contributed by atoms with E-state index in [1.807, 2.05) is 4.90 Å². The lowest BCUT2D eigenvalue weighted by molar-refractivity contribution is 0.0715. The Labute approximate surface area is 143 Å². The maximum Gasteiger partial charge on any atom is 0.263 e. The Hall–Kier alpha value is -2.22. The third-order valence-corrected chi connectivity index (χ3v) is 5.80. The summed E-state index contributed by atoms with van der Waals surface area (Å²) >= 11 is 1.28. The highest BCUT2D eigenvalue weighted by molar-refractivity contribution is 7.12. The van der Waals surface area contributed by atoms with Gasteiger partial charge in [-0.1, -0.05) is 0 Å². The van der Waals surface area contributed by atoms with Crippen molar-refractivity contribution in [1.82, 2.24) is 19.7 Å². The number of nitrogens with zero attached hydrogens (tertiary/aromatic N) is 4. The zero-order valence-corrected chi connectivity index (χ0v) is 14.1. The van der Waals surface area contributed by atoms with Crippen molar-refractivity contribution in [3.63, 3.8) is 0 Å². The standard InChI is InChI=1S/C16H19N5O2S/c17-14(22)11-8-12(24-9-11)16(23)20-6-3-10(4-7-20)15-19-18-13-2-1-5-21(13)15/h8-10H,1-7H2,(H2,17,22). The van der Waals surface area contributed by atoms with Gasteiger partial charge in [0.1, 0.15) is 11.6 Å². The average molecular weight is 345 g/mol. The number of amides is 2. The van der Waals surface area contributed by atoms with Crippen LogP contribution in [0.3, 0.4) is 0 Å². The highest BCUT2D eigenvalue weighted by atomic mass is 32.1. The molecule has 0 saturated carbocycles. The molecule has 0 aromatic carbocycles. The molecule has 2 aliphatic rings. The predicted molar refractivity (Wildman–Crippen MR) is 89.1 cm³/mol. The normalized spacial score (nSPS) is 17.9. The largest absolute Gasteiger partial charge is 0.366 e. The summed E-state index contributed by atoms with van der Waals surface area (Å²) in [5.74, 6) is 2.04. The molecule has 1 fully saturated rings. The number of primary amides is 1. The van der Waals surface area contributed by atoms with Crippen LogP contribution in [-0.2, 0) is 13.0 Å². The fourth-order valence-corrected chi connectivity index (χ4v) is 4.41. The summed E-state index contributed by atoms with van der Waals surface area (Å²) < 4.78 is 2.25. The lowest BCUT2D eigenvalue weighted by atomic mass is 9.95. The van der Waals surface area contributed by atoms with Gasteiger partial charge in [0.25, 0.3) is 5.91 Å². The highest BCUT2D eigenvalue weighted by Gasteiger charge is 2.30. The van der Waals surface area contributed by atoms with E-state index in [1.165, 1.54) is 11.3 Å². The molecule has 2 amide bonds. The van der Waals surface area contributed by atoms with E-state index < -0.39 is 5.91 Å². The summed E-state index contributed by atoms with van der Waals surface area (Å²) in [4.78, 5) is 26.2. The van der Waals surface area contributed by atoms with Crippen molar-refractivity contribution in [2.45, 2.75) is 38.1 Å². The van der Waals surface area contributed by atoms with Crippen LogP contribution >= 0.6 is 11.3 Å². The minimum Gasteiger partial charge on any atom is -0.366 e. The number of carbonyl (C=O) groups excluding carboxylic acids is 2. The summed E-state index contributed by atoms with van der Waals surface area (Å²) in [5.41, 5.74) is 5.65. The zero-order valence-electron chi connectivity index (χ0n) is 13.3. The van der Waals surface area contributed by atoms with Crippen LogP contribution in [0.5, 0.6) is 0 Å². The number of hydrogen-bond donors (Lipinski definition) is 1. The quantitative estimate of drug-likeness (QED) is 0.910. The lowest BCUT2D eigenvalue weighted by Gasteiger charge is -2.31. The number of piperidine rings is 1. The second kappa shape index (κ2) is 6.01. The summed E-state index contributed by atoms with van der Waals surface area (Å²) in [7, 11) is 0. The van der Waals surface area contributed by atoms with Gasteiger partial charge in [-0.2, -0.15) is 0 Å².